The number of fused-ring (bicyclic) bond motifs is 1. The monoisotopic (exact) mass is 365 g/mol. The van der Waals surface area contributed by atoms with Crippen molar-refractivity contribution in [3.63, 3.8) is 0 Å². The number of nitrogens with zero attached hydrogens (tertiary/aromatic N) is 1. The van der Waals surface area contributed by atoms with E-state index in [0.717, 1.165) is 28.1 Å². The molecular weight excluding hydrogens is 342 g/mol. The average molecular weight is 365 g/mol. The fourth-order valence-corrected chi connectivity index (χ4v) is 3.19. The number of anilines is 2. The molecular formula is C21H23N3O3. The lowest BCUT2D eigenvalue weighted by atomic mass is 9.97. The Labute approximate surface area is 158 Å². The van der Waals surface area contributed by atoms with Gasteiger partial charge in [-0.05, 0) is 42.7 Å². The molecule has 0 saturated carbocycles. The Kier molecular flexibility index (Phi) is 5.26. The molecule has 0 radical (unpaired) electrons. The molecule has 2 aromatic rings. The molecule has 140 valence electrons. The van der Waals surface area contributed by atoms with Gasteiger partial charge >= 0.3 is 0 Å². The molecule has 1 atom stereocenters. The fraction of sp³-hybridized carbons (Fsp3) is 0.286. The third-order valence-corrected chi connectivity index (χ3v) is 4.97. The topological polar surface area (TPSA) is 78.5 Å². The Hall–Kier alpha value is -3.15. The SMILES string of the molecule is Cc1cccc(NC(=O)CN(C)C(=O)C[C@H]2C(=O)Nc3ccccc32)c1C. The predicted octanol–water partition coefficient (Wildman–Crippen LogP) is 2.83. The van der Waals surface area contributed by atoms with Gasteiger partial charge in [0, 0.05) is 24.8 Å². The minimum atomic E-state index is -0.516. The van der Waals surface area contributed by atoms with E-state index in [9.17, 15) is 14.4 Å². The molecule has 0 aromatic heterocycles. The normalized spacial score (nSPS) is 15.1. The first-order valence-corrected chi connectivity index (χ1v) is 8.86. The second-order valence-electron chi connectivity index (χ2n) is 6.88. The number of benzene rings is 2. The molecule has 0 spiro atoms. The van der Waals surface area contributed by atoms with Crippen LogP contribution in [-0.2, 0) is 14.4 Å². The van der Waals surface area contributed by atoms with Crippen LogP contribution in [0.15, 0.2) is 42.5 Å². The lowest BCUT2D eigenvalue weighted by Gasteiger charge is -2.19. The second kappa shape index (κ2) is 7.61. The zero-order valence-corrected chi connectivity index (χ0v) is 15.7. The predicted molar refractivity (Wildman–Crippen MR) is 105 cm³/mol. The molecule has 0 saturated heterocycles. The zero-order valence-electron chi connectivity index (χ0n) is 15.7. The Morgan fingerprint density at radius 3 is 2.63 bits per heavy atom. The number of amides is 3. The van der Waals surface area contributed by atoms with Crippen LogP contribution in [0.4, 0.5) is 11.4 Å². The van der Waals surface area contributed by atoms with Gasteiger partial charge in [-0.1, -0.05) is 30.3 Å². The molecule has 1 aliphatic heterocycles. The van der Waals surface area contributed by atoms with Crippen molar-refractivity contribution >= 4 is 29.1 Å². The third-order valence-electron chi connectivity index (χ3n) is 4.97. The van der Waals surface area contributed by atoms with E-state index in [0.29, 0.717) is 0 Å². The van der Waals surface area contributed by atoms with Gasteiger partial charge in [-0.15, -0.1) is 0 Å². The van der Waals surface area contributed by atoms with E-state index in [1.54, 1.807) is 7.05 Å². The largest absolute Gasteiger partial charge is 0.336 e. The van der Waals surface area contributed by atoms with Gasteiger partial charge in [0.1, 0.15) is 0 Å². The Balaban J connectivity index is 1.60. The Morgan fingerprint density at radius 1 is 1.11 bits per heavy atom. The highest BCUT2D eigenvalue weighted by atomic mass is 16.2. The number of rotatable bonds is 5. The maximum absolute atomic E-state index is 12.5. The number of nitrogens with one attached hydrogen (secondary N) is 2. The van der Waals surface area contributed by atoms with Gasteiger partial charge in [0.25, 0.3) is 0 Å². The molecule has 27 heavy (non-hydrogen) atoms. The molecule has 2 N–H and O–H groups in total. The van der Waals surface area contributed by atoms with Gasteiger partial charge < -0.3 is 15.5 Å². The van der Waals surface area contributed by atoms with Crippen molar-refractivity contribution in [2.45, 2.75) is 26.2 Å². The summed E-state index contributed by atoms with van der Waals surface area (Å²) in [4.78, 5) is 38.4. The quantitative estimate of drug-likeness (QED) is 0.855. The van der Waals surface area contributed by atoms with E-state index >= 15 is 0 Å². The molecule has 3 rings (SSSR count). The summed E-state index contributed by atoms with van der Waals surface area (Å²) in [7, 11) is 1.57. The summed E-state index contributed by atoms with van der Waals surface area (Å²) in [6.45, 7) is 3.85. The smallest absolute Gasteiger partial charge is 0.243 e. The van der Waals surface area contributed by atoms with E-state index in [-0.39, 0.29) is 30.7 Å². The highest BCUT2D eigenvalue weighted by Crippen LogP contribution is 2.34. The fourth-order valence-electron chi connectivity index (χ4n) is 3.19. The minimum absolute atomic E-state index is 0.0378. The summed E-state index contributed by atoms with van der Waals surface area (Å²) in [6.07, 6.45) is 0.0378. The number of aryl methyl sites for hydroxylation is 1. The van der Waals surface area contributed by atoms with Crippen molar-refractivity contribution in [2.75, 3.05) is 24.2 Å². The van der Waals surface area contributed by atoms with Gasteiger partial charge in [-0.3, -0.25) is 14.4 Å². The van der Waals surface area contributed by atoms with Crippen molar-refractivity contribution in [1.29, 1.82) is 0 Å². The summed E-state index contributed by atoms with van der Waals surface area (Å²) in [5, 5.41) is 5.63. The van der Waals surface area contributed by atoms with Gasteiger partial charge in [0.05, 0.1) is 12.5 Å². The van der Waals surface area contributed by atoms with Crippen LogP contribution in [0.5, 0.6) is 0 Å². The van der Waals surface area contributed by atoms with E-state index in [1.165, 1.54) is 4.90 Å². The lowest BCUT2D eigenvalue weighted by Crippen LogP contribution is -2.36. The molecule has 2 aromatic carbocycles. The molecule has 0 unspecified atom stereocenters. The summed E-state index contributed by atoms with van der Waals surface area (Å²) >= 11 is 0. The first-order chi connectivity index (χ1) is 12.9. The first-order valence-electron chi connectivity index (χ1n) is 8.86. The second-order valence-corrected chi connectivity index (χ2v) is 6.88. The molecule has 0 aliphatic carbocycles. The van der Waals surface area contributed by atoms with Crippen molar-refractivity contribution in [3.8, 4) is 0 Å². The van der Waals surface area contributed by atoms with E-state index in [2.05, 4.69) is 10.6 Å². The standard InChI is InChI=1S/C21H23N3O3/c1-13-7-6-10-17(14(13)2)22-19(25)12-24(3)20(26)11-16-15-8-4-5-9-18(15)23-21(16)27/h4-10,16H,11-12H2,1-3H3,(H,22,25)(H,23,27)/t16-/m1/s1. The van der Waals surface area contributed by atoms with Crippen LogP contribution < -0.4 is 10.6 Å². The number of carbonyl (C=O) groups excluding carboxylic acids is 3. The summed E-state index contributed by atoms with van der Waals surface area (Å²) in [6, 6.07) is 13.0. The molecule has 1 heterocycles. The molecule has 0 fully saturated rings. The van der Waals surface area contributed by atoms with Crippen molar-refractivity contribution < 1.29 is 14.4 Å². The van der Waals surface area contributed by atoms with E-state index in [1.807, 2.05) is 56.3 Å². The molecule has 3 amide bonds. The highest BCUT2D eigenvalue weighted by Gasteiger charge is 2.32. The van der Waals surface area contributed by atoms with Crippen LogP contribution in [0.1, 0.15) is 29.0 Å². The van der Waals surface area contributed by atoms with Crippen LogP contribution in [0.25, 0.3) is 0 Å². The van der Waals surface area contributed by atoms with Gasteiger partial charge in [0.15, 0.2) is 0 Å². The van der Waals surface area contributed by atoms with Crippen LogP contribution in [-0.4, -0.2) is 36.2 Å². The van der Waals surface area contributed by atoms with Gasteiger partial charge in [-0.2, -0.15) is 0 Å². The van der Waals surface area contributed by atoms with Gasteiger partial charge in [-0.25, -0.2) is 0 Å². The van der Waals surface area contributed by atoms with Crippen molar-refractivity contribution in [2.24, 2.45) is 0 Å². The number of hydrogen-bond donors (Lipinski definition) is 2. The number of hydrogen-bond acceptors (Lipinski definition) is 3. The van der Waals surface area contributed by atoms with Crippen molar-refractivity contribution in [1.82, 2.24) is 4.90 Å². The van der Waals surface area contributed by atoms with Crippen LogP contribution in [0.3, 0.4) is 0 Å². The highest BCUT2D eigenvalue weighted by molar-refractivity contribution is 6.05. The number of carbonyl (C=O) groups is 3. The average Bonchev–Trinajstić information content (AvgIpc) is 2.94. The zero-order chi connectivity index (χ0) is 19.6. The maximum Gasteiger partial charge on any atom is 0.243 e. The third kappa shape index (κ3) is 4.00. The van der Waals surface area contributed by atoms with Gasteiger partial charge in [0.2, 0.25) is 17.7 Å². The Bertz CT molecular complexity index is 907. The number of likely N-dealkylation sites (N-methyl/N-ethyl adjacent to an activating group) is 1. The van der Waals surface area contributed by atoms with Crippen LogP contribution in [0, 0.1) is 13.8 Å². The van der Waals surface area contributed by atoms with Crippen molar-refractivity contribution in [3.05, 3.63) is 59.2 Å². The lowest BCUT2D eigenvalue weighted by molar-refractivity contribution is -0.134. The molecule has 1 aliphatic rings. The van der Waals surface area contributed by atoms with E-state index < -0.39 is 5.92 Å². The Morgan fingerprint density at radius 2 is 1.85 bits per heavy atom. The molecule has 6 heteroatoms. The maximum atomic E-state index is 12.5. The first kappa shape index (κ1) is 18.6. The summed E-state index contributed by atoms with van der Waals surface area (Å²) in [5.41, 5.74) is 4.40. The molecule has 6 nitrogen and oxygen atoms in total. The summed E-state index contributed by atoms with van der Waals surface area (Å²) in [5.74, 6) is -1.21. The minimum Gasteiger partial charge on any atom is -0.336 e. The number of para-hydroxylation sites is 1. The van der Waals surface area contributed by atoms with E-state index in [4.69, 9.17) is 0 Å². The molecule has 0 bridgehead atoms. The van der Waals surface area contributed by atoms with Crippen LogP contribution >= 0.6 is 0 Å². The summed E-state index contributed by atoms with van der Waals surface area (Å²) < 4.78 is 0. The van der Waals surface area contributed by atoms with Crippen LogP contribution in [0.2, 0.25) is 0 Å².